The van der Waals surface area contributed by atoms with Crippen molar-refractivity contribution in [3.05, 3.63) is 21.7 Å². The first-order chi connectivity index (χ1) is 11.5. The normalized spacial score (nSPS) is 13.4. The van der Waals surface area contributed by atoms with Crippen LogP contribution in [0.15, 0.2) is 9.82 Å². The molecule has 0 N–H and O–H groups in total. The van der Waals surface area contributed by atoms with Crippen molar-refractivity contribution in [2.75, 3.05) is 39.5 Å². The molecule has 0 unspecified atom stereocenters. The minimum absolute atomic E-state index is 0.107. The van der Waals surface area contributed by atoms with Crippen LogP contribution in [-0.2, 0) is 24.2 Å². The summed E-state index contributed by atoms with van der Waals surface area (Å²) >= 11 is 1.41. The van der Waals surface area contributed by atoms with Crippen LogP contribution in [0.1, 0.15) is 31.5 Å². The van der Waals surface area contributed by atoms with E-state index in [4.69, 9.17) is 0 Å². The van der Waals surface area contributed by atoms with E-state index in [-0.39, 0.29) is 11.6 Å². The molecule has 0 aliphatic heterocycles. The molecule has 0 spiro atoms. The topological polar surface area (TPSA) is 58.4 Å². The Morgan fingerprint density at radius 3 is 2.58 bits per heavy atom. The lowest BCUT2D eigenvalue weighted by atomic mass is 10.2. The molecular weight excluding hydrogens is 324 g/mol. The number of thioether (sulfide) groups is 1. The van der Waals surface area contributed by atoms with Crippen LogP contribution in [0.4, 0.5) is 0 Å². The summed E-state index contributed by atoms with van der Waals surface area (Å²) < 4.78 is 1.82. The van der Waals surface area contributed by atoms with Gasteiger partial charge < -0.3 is 9.80 Å². The average molecular weight is 353 g/mol. The van der Waals surface area contributed by atoms with Gasteiger partial charge in [-0.15, -0.1) is 0 Å². The van der Waals surface area contributed by atoms with Gasteiger partial charge in [0.2, 0.25) is 5.91 Å². The van der Waals surface area contributed by atoms with Gasteiger partial charge in [0.05, 0.1) is 5.75 Å². The average Bonchev–Trinajstić information content (AvgIpc) is 3.02. The van der Waals surface area contributed by atoms with Crippen LogP contribution in [0.5, 0.6) is 0 Å². The first-order valence-corrected chi connectivity index (χ1v) is 9.64. The summed E-state index contributed by atoms with van der Waals surface area (Å²) in [6, 6.07) is 0. The van der Waals surface area contributed by atoms with Gasteiger partial charge in [-0.2, -0.15) is 4.98 Å². The number of rotatable bonds is 8. The number of aromatic nitrogens is 2. The smallest absolute Gasteiger partial charge is 0.343 e. The van der Waals surface area contributed by atoms with E-state index in [0.29, 0.717) is 25.4 Å². The summed E-state index contributed by atoms with van der Waals surface area (Å²) in [6.45, 7) is 6.88. The summed E-state index contributed by atoms with van der Waals surface area (Å²) in [4.78, 5) is 32.8. The van der Waals surface area contributed by atoms with E-state index >= 15 is 0 Å². The maximum atomic E-state index is 12.4. The molecule has 1 aromatic heterocycles. The Morgan fingerprint density at radius 1 is 1.25 bits per heavy atom. The third kappa shape index (κ3) is 4.39. The number of hydrogen-bond donors (Lipinski definition) is 0. The van der Waals surface area contributed by atoms with E-state index in [1.165, 1.54) is 17.3 Å². The SMILES string of the molecule is CCN(CC)C(=O)CSc1nc(=O)n(CCN(C)C)c2c1CCC2. The second-order valence-electron chi connectivity index (χ2n) is 6.29. The highest BCUT2D eigenvalue weighted by Gasteiger charge is 2.23. The van der Waals surface area contributed by atoms with E-state index in [9.17, 15) is 9.59 Å². The van der Waals surface area contributed by atoms with E-state index in [1.54, 1.807) is 0 Å². The molecule has 2 rings (SSSR count). The van der Waals surface area contributed by atoms with Crippen molar-refractivity contribution in [3.63, 3.8) is 0 Å². The third-order valence-electron chi connectivity index (χ3n) is 4.42. The Labute approximate surface area is 148 Å². The highest BCUT2D eigenvalue weighted by Crippen LogP contribution is 2.29. The lowest BCUT2D eigenvalue weighted by molar-refractivity contribution is -0.127. The Bertz CT molecular complexity index is 638. The van der Waals surface area contributed by atoms with Crippen LogP contribution < -0.4 is 5.69 Å². The molecule has 1 aliphatic carbocycles. The molecule has 7 heteroatoms. The largest absolute Gasteiger partial charge is 0.348 e. The summed E-state index contributed by atoms with van der Waals surface area (Å²) in [6.07, 6.45) is 2.93. The molecule has 0 atom stereocenters. The Balaban J connectivity index is 2.18. The van der Waals surface area contributed by atoms with E-state index < -0.39 is 0 Å². The molecule has 0 aromatic carbocycles. The van der Waals surface area contributed by atoms with Gasteiger partial charge in [0.15, 0.2) is 0 Å². The van der Waals surface area contributed by atoms with Crippen molar-refractivity contribution in [1.82, 2.24) is 19.4 Å². The second kappa shape index (κ2) is 8.67. The first-order valence-electron chi connectivity index (χ1n) is 8.65. The van der Waals surface area contributed by atoms with Gasteiger partial charge in [-0.05, 0) is 47.2 Å². The zero-order valence-electron chi connectivity index (χ0n) is 15.2. The maximum Gasteiger partial charge on any atom is 0.348 e. The molecule has 0 fully saturated rings. The molecular formula is C17H28N4O2S. The first kappa shape index (κ1) is 19.0. The lowest BCUT2D eigenvalue weighted by Crippen LogP contribution is -2.33. The summed E-state index contributed by atoms with van der Waals surface area (Å²) in [5.41, 5.74) is 2.11. The van der Waals surface area contributed by atoms with Crippen molar-refractivity contribution < 1.29 is 4.79 Å². The summed E-state index contributed by atoms with van der Waals surface area (Å²) in [7, 11) is 4.00. The predicted octanol–water partition coefficient (Wildman–Crippen LogP) is 1.25. The predicted molar refractivity (Wildman–Crippen MR) is 97.7 cm³/mol. The minimum atomic E-state index is -0.185. The standard InChI is InChI=1S/C17H28N4O2S/c1-5-20(6-2)15(22)12-24-16-13-8-7-9-14(13)21(17(23)18-16)11-10-19(3)4/h5-12H2,1-4H3. The van der Waals surface area contributed by atoms with E-state index in [1.807, 2.05) is 37.4 Å². The fraction of sp³-hybridized carbons (Fsp3) is 0.706. The molecule has 1 aliphatic rings. The number of likely N-dealkylation sites (N-methyl/N-ethyl adjacent to an activating group) is 1. The van der Waals surface area contributed by atoms with Gasteiger partial charge in [-0.3, -0.25) is 9.36 Å². The highest BCUT2D eigenvalue weighted by atomic mass is 32.2. The molecule has 1 amide bonds. The molecule has 6 nitrogen and oxygen atoms in total. The van der Waals surface area contributed by atoms with Gasteiger partial charge in [0, 0.05) is 37.4 Å². The Kier molecular flexibility index (Phi) is 6.86. The number of amides is 1. The number of carbonyl (C=O) groups is 1. The minimum Gasteiger partial charge on any atom is -0.343 e. The number of hydrogen-bond acceptors (Lipinski definition) is 5. The maximum absolute atomic E-state index is 12.4. The molecule has 0 bridgehead atoms. The quantitative estimate of drug-likeness (QED) is 0.521. The molecule has 1 aromatic rings. The fourth-order valence-corrected chi connectivity index (χ4v) is 4.01. The van der Waals surface area contributed by atoms with Crippen LogP contribution >= 0.6 is 11.8 Å². The van der Waals surface area contributed by atoms with Gasteiger partial charge in [-0.1, -0.05) is 11.8 Å². The van der Waals surface area contributed by atoms with Crippen LogP contribution in [0.2, 0.25) is 0 Å². The van der Waals surface area contributed by atoms with Gasteiger partial charge in [0.25, 0.3) is 0 Å². The van der Waals surface area contributed by atoms with Crippen molar-refractivity contribution in [3.8, 4) is 0 Å². The van der Waals surface area contributed by atoms with Crippen molar-refractivity contribution >= 4 is 17.7 Å². The zero-order valence-corrected chi connectivity index (χ0v) is 16.0. The number of carbonyl (C=O) groups excluding carboxylic acids is 1. The zero-order chi connectivity index (χ0) is 17.7. The molecule has 1 heterocycles. The van der Waals surface area contributed by atoms with Crippen LogP contribution in [0.25, 0.3) is 0 Å². The van der Waals surface area contributed by atoms with Crippen LogP contribution in [-0.4, -0.2) is 64.7 Å². The third-order valence-corrected chi connectivity index (χ3v) is 5.42. The Hall–Kier alpha value is -1.34. The second-order valence-corrected chi connectivity index (χ2v) is 7.25. The number of nitrogens with zero attached hydrogens (tertiary/aromatic N) is 4. The van der Waals surface area contributed by atoms with Crippen molar-refractivity contribution in [2.45, 2.75) is 44.7 Å². The van der Waals surface area contributed by atoms with E-state index in [0.717, 1.165) is 36.5 Å². The monoisotopic (exact) mass is 352 g/mol. The molecule has 0 radical (unpaired) electrons. The van der Waals surface area contributed by atoms with Crippen LogP contribution in [0, 0.1) is 0 Å². The van der Waals surface area contributed by atoms with E-state index in [2.05, 4.69) is 9.88 Å². The molecule has 0 saturated carbocycles. The molecule has 134 valence electrons. The summed E-state index contributed by atoms with van der Waals surface area (Å²) in [5.74, 6) is 0.456. The number of fused-ring (bicyclic) bond motifs is 1. The van der Waals surface area contributed by atoms with Crippen LogP contribution in [0.3, 0.4) is 0 Å². The molecule has 0 saturated heterocycles. The summed E-state index contributed by atoms with van der Waals surface area (Å²) in [5, 5.41) is 0.758. The fourth-order valence-electron chi connectivity index (χ4n) is 3.03. The molecule has 24 heavy (non-hydrogen) atoms. The van der Waals surface area contributed by atoms with Crippen molar-refractivity contribution in [2.24, 2.45) is 0 Å². The highest BCUT2D eigenvalue weighted by molar-refractivity contribution is 7.99. The van der Waals surface area contributed by atoms with Gasteiger partial charge in [-0.25, -0.2) is 4.79 Å². The van der Waals surface area contributed by atoms with Crippen molar-refractivity contribution in [1.29, 1.82) is 0 Å². The van der Waals surface area contributed by atoms with Gasteiger partial charge in [0.1, 0.15) is 5.03 Å². The lowest BCUT2D eigenvalue weighted by Gasteiger charge is -2.19. The Morgan fingerprint density at radius 2 is 1.96 bits per heavy atom. The van der Waals surface area contributed by atoms with Gasteiger partial charge >= 0.3 is 5.69 Å².